The quantitative estimate of drug-likeness (QED) is 0.597. The van der Waals surface area contributed by atoms with Crippen LogP contribution in [-0.4, -0.2) is 37.1 Å². The summed E-state index contributed by atoms with van der Waals surface area (Å²) in [7, 11) is 0. The third-order valence-corrected chi connectivity index (χ3v) is 3.68. The van der Waals surface area contributed by atoms with Crippen LogP contribution in [0.5, 0.6) is 0 Å². The Hall–Kier alpha value is -0.340. The molecule has 3 fully saturated rings. The predicted octanol–water partition coefficient (Wildman–Crippen LogP) is 0.466. The van der Waals surface area contributed by atoms with Crippen molar-refractivity contribution in [3.8, 4) is 0 Å². The van der Waals surface area contributed by atoms with Crippen LogP contribution in [0.4, 0.5) is 0 Å². The predicted molar refractivity (Wildman–Crippen MR) is 49.0 cm³/mol. The van der Waals surface area contributed by atoms with E-state index in [1.54, 1.807) is 0 Å². The number of hydrogen-bond acceptors (Lipinski definition) is 2. The van der Waals surface area contributed by atoms with Crippen molar-refractivity contribution in [2.75, 3.05) is 26.2 Å². The topological polar surface area (TPSA) is 15.3 Å². The van der Waals surface area contributed by atoms with Crippen LogP contribution in [0.2, 0.25) is 0 Å². The maximum atomic E-state index is 3.57. The highest BCUT2D eigenvalue weighted by Crippen LogP contribution is 2.40. The third kappa shape index (κ3) is 0.947. The van der Waals surface area contributed by atoms with Gasteiger partial charge in [-0.1, -0.05) is 12.2 Å². The maximum Gasteiger partial charge on any atom is 0.0167 e. The van der Waals surface area contributed by atoms with Gasteiger partial charge < -0.3 is 5.32 Å². The summed E-state index contributed by atoms with van der Waals surface area (Å²) in [5.74, 6) is 1.99. The highest BCUT2D eigenvalue weighted by molar-refractivity contribution is 5.05. The van der Waals surface area contributed by atoms with E-state index in [2.05, 4.69) is 22.4 Å². The first-order valence-electron chi connectivity index (χ1n) is 5.04. The van der Waals surface area contributed by atoms with Gasteiger partial charge in [0.2, 0.25) is 0 Å². The molecule has 2 heteroatoms. The molecule has 1 aliphatic carbocycles. The summed E-state index contributed by atoms with van der Waals surface area (Å²) in [5, 5.41) is 3.57. The molecule has 4 aliphatic rings. The largest absolute Gasteiger partial charge is 0.313 e. The molecule has 12 heavy (non-hydrogen) atoms. The fourth-order valence-electron chi connectivity index (χ4n) is 2.83. The number of fused-ring (bicyclic) bond motifs is 1. The molecule has 2 bridgehead atoms. The van der Waals surface area contributed by atoms with E-state index >= 15 is 0 Å². The van der Waals surface area contributed by atoms with Gasteiger partial charge in [-0.3, -0.25) is 4.90 Å². The summed E-state index contributed by atoms with van der Waals surface area (Å²) in [4.78, 5) is 2.55. The summed E-state index contributed by atoms with van der Waals surface area (Å²) < 4.78 is 0. The van der Waals surface area contributed by atoms with Crippen molar-refractivity contribution in [2.24, 2.45) is 11.8 Å². The zero-order chi connectivity index (χ0) is 7.97. The van der Waals surface area contributed by atoms with Gasteiger partial charge in [0.05, 0.1) is 0 Å². The standard InChI is InChI=1S/C10H16N2/c1-2-4-12(3-1)7-9-8-5-10(9)11-6-8/h1-2,8-11H,3-7H2. The highest BCUT2D eigenvalue weighted by Gasteiger charge is 2.46. The lowest BCUT2D eigenvalue weighted by Gasteiger charge is -2.37. The second kappa shape index (κ2) is 2.57. The molecule has 1 N–H and O–H groups in total. The zero-order valence-electron chi connectivity index (χ0n) is 7.37. The third-order valence-electron chi connectivity index (χ3n) is 3.68. The van der Waals surface area contributed by atoms with Crippen LogP contribution in [-0.2, 0) is 0 Å². The monoisotopic (exact) mass is 164 g/mol. The van der Waals surface area contributed by atoms with E-state index in [-0.39, 0.29) is 0 Å². The number of hydrogen-bond donors (Lipinski definition) is 1. The Kier molecular flexibility index (Phi) is 1.52. The van der Waals surface area contributed by atoms with Crippen LogP contribution in [0.25, 0.3) is 0 Å². The minimum absolute atomic E-state index is 0.871. The van der Waals surface area contributed by atoms with Crippen LogP contribution in [0.3, 0.4) is 0 Å². The minimum Gasteiger partial charge on any atom is -0.313 e. The molecule has 2 nitrogen and oxygen atoms in total. The van der Waals surface area contributed by atoms with Gasteiger partial charge in [0, 0.05) is 25.7 Å². The Morgan fingerprint density at radius 2 is 2.17 bits per heavy atom. The van der Waals surface area contributed by atoms with E-state index < -0.39 is 0 Å². The Morgan fingerprint density at radius 1 is 1.33 bits per heavy atom. The Labute approximate surface area is 73.6 Å². The summed E-state index contributed by atoms with van der Waals surface area (Å²) >= 11 is 0. The lowest BCUT2D eigenvalue weighted by Crippen LogP contribution is -2.44. The molecule has 0 radical (unpaired) electrons. The van der Waals surface area contributed by atoms with Gasteiger partial charge in [-0.05, 0) is 24.8 Å². The lowest BCUT2D eigenvalue weighted by molar-refractivity contribution is 0.152. The molecule has 2 saturated heterocycles. The van der Waals surface area contributed by atoms with Gasteiger partial charge in [-0.2, -0.15) is 0 Å². The highest BCUT2D eigenvalue weighted by atomic mass is 15.2. The van der Waals surface area contributed by atoms with Crippen molar-refractivity contribution in [1.82, 2.24) is 10.2 Å². The van der Waals surface area contributed by atoms with Crippen LogP contribution in [0, 0.1) is 11.8 Å². The van der Waals surface area contributed by atoms with Crippen molar-refractivity contribution in [2.45, 2.75) is 12.5 Å². The first-order chi connectivity index (χ1) is 5.93. The Morgan fingerprint density at radius 3 is 2.75 bits per heavy atom. The molecule has 3 heterocycles. The van der Waals surface area contributed by atoms with Gasteiger partial charge in [0.15, 0.2) is 0 Å². The normalized spacial score (nSPS) is 45.2. The smallest absolute Gasteiger partial charge is 0.0167 e. The average Bonchev–Trinajstić information content (AvgIpc) is 2.76. The van der Waals surface area contributed by atoms with E-state index in [9.17, 15) is 0 Å². The molecular formula is C10H16N2. The molecule has 0 aromatic rings. The summed E-state index contributed by atoms with van der Waals surface area (Å²) in [5.41, 5.74) is 0. The van der Waals surface area contributed by atoms with Crippen LogP contribution in [0.1, 0.15) is 6.42 Å². The van der Waals surface area contributed by atoms with Crippen LogP contribution >= 0.6 is 0 Å². The summed E-state index contributed by atoms with van der Waals surface area (Å²) in [6, 6.07) is 0.871. The van der Waals surface area contributed by atoms with Crippen molar-refractivity contribution >= 4 is 0 Å². The van der Waals surface area contributed by atoms with Gasteiger partial charge in [-0.25, -0.2) is 0 Å². The number of nitrogens with one attached hydrogen (secondary N) is 1. The van der Waals surface area contributed by atoms with Crippen molar-refractivity contribution in [3.05, 3.63) is 12.2 Å². The van der Waals surface area contributed by atoms with Crippen LogP contribution in [0.15, 0.2) is 12.2 Å². The van der Waals surface area contributed by atoms with Crippen molar-refractivity contribution < 1.29 is 0 Å². The molecule has 1 saturated carbocycles. The van der Waals surface area contributed by atoms with E-state index in [0.717, 1.165) is 17.9 Å². The fraction of sp³-hybridized carbons (Fsp3) is 0.800. The molecule has 66 valence electrons. The molecule has 4 rings (SSSR count). The van der Waals surface area contributed by atoms with Crippen LogP contribution < -0.4 is 5.32 Å². The van der Waals surface area contributed by atoms with Crippen molar-refractivity contribution in [3.63, 3.8) is 0 Å². The molecule has 3 unspecified atom stereocenters. The molecule has 0 spiro atoms. The zero-order valence-corrected chi connectivity index (χ0v) is 7.37. The molecule has 0 aromatic heterocycles. The maximum absolute atomic E-state index is 3.57. The summed E-state index contributed by atoms with van der Waals surface area (Å²) in [6.07, 6.45) is 6.02. The minimum atomic E-state index is 0.871. The molecular weight excluding hydrogens is 148 g/mol. The Bertz CT molecular complexity index is 190. The van der Waals surface area contributed by atoms with Gasteiger partial charge in [0.25, 0.3) is 0 Å². The first kappa shape index (κ1) is 7.10. The summed E-state index contributed by atoms with van der Waals surface area (Å²) in [6.45, 7) is 5.00. The second-order valence-electron chi connectivity index (χ2n) is 4.36. The molecule has 0 amide bonds. The molecule has 0 aromatic carbocycles. The SMILES string of the molecule is C1=CCN(CC2C3CNC2C3)C1. The van der Waals surface area contributed by atoms with E-state index in [1.165, 1.54) is 32.6 Å². The van der Waals surface area contributed by atoms with Gasteiger partial charge in [-0.15, -0.1) is 0 Å². The molecule has 3 aliphatic heterocycles. The van der Waals surface area contributed by atoms with E-state index in [4.69, 9.17) is 0 Å². The van der Waals surface area contributed by atoms with Crippen molar-refractivity contribution in [1.29, 1.82) is 0 Å². The van der Waals surface area contributed by atoms with E-state index in [1.807, 2.05) is 0 Å². The van der Waals surface area contributed by atoms with Gasteiger partial charge >= 0.3 is 0 Å². The number of rotatable bonds is 2. The van der Waals surface area contributed by atoms with E-state index in [0.29, 0.717) is 0 Å². The Balaban J connectivity index is 1.56. The fourth-order valence-corrected chi connectivity index (χ4v) is 2.83. The molecule has 3 atom stereocenters. The lowest BCUT2D eigenvalue weighted by atomic mass is 9.74. The average molecular weight is 164 g/mol. The number of nitrogens with zero attached hydrogens (tertiary/aromatic N) is 1. The first-order valence-corrected chi connectivity index (χ1v) is 5.04. The second-order valence-corrected chi connectivity index (χ2v) is 4.36. The van der Waals surface area contributed by atoms with Gasteiger partial charge in [0.1, 0.15) is 0 Å².